The van der Waals surface area contributed by atoms with Crippen molar-refractivity contribution in [2.75, 3.05) is 18.0 Å². The fourth-order valence-corrected chi connectivity index (χ4v) is 5.20. The molecule has 1 aliphatic heterocycles. The van der Waals surface area contributed by atoms with E-state index in [2.05, 4.69) is 12.2 Å². The van der Waals surface area contributed by atoms with Gasteiger partial charge in [0.25, 0.3) is 0 Å². The SMILES string of the molecule is N[C@@H]1CC=C[C@@H]2CN(c3c(F)cc4c(=O)c(C(=O)O)cn(C5CC5)c4c3Cl)C[C@@H]12. The minimum Gasteiger partial charge on any atom is -0.477 e. The Bertz CT molecular complexity index is 1120. The Morgan fingerprint density at radius 2 is 2.07 bits per heavy atom. The number of carbonyl (C=O) groups is 1. The zero-order valence-electron chi connectivity index (χ0n) is 15.6. The minimum atomic E-state index is -1.32. The van der Waals surface area contributed by atoms with Crippen molar-refractivity contribution < 1.29 is 14.3 Å². The summed E-state index contributed by atoms with van der Waals surface area (Å²) in [5.41, 5.74) is 5.86. The summed E-state index contributed by atoms with van der Waals surface area (Å²) in [7, 11) is 0. The van der Waals surface area contributed by atoms with E-state index in [0.29, 0.717) is 18.6 Å². The van der Waals surface area contributed by atoms with Crippen molar-refractivity contribution in [1.29, 1.82) is 0 Å². The maximum absolute atomic E-state index is 15.2. The van der Waals surface area contributed by atoms with Crippen molar-refractivity contribution in [1.82, 2.24) is 4.57 Å². The molecule has 2 aliphatic carbocycles. The molecule has 3 N–H and O–H groups in total. The van der Waals surface area contributed by atoms with Crippen molar-refractivity contribution in [2.24, 2.45) is 17.6 Å². The molecule has 152 valence electrons. The van der Waals surface area contributed by atoms with Crippen molar-refractivity contribution in [3.8, 4) is 0 Å². The number of hydrogen-bond donors (Lipinski definition) is 2. The summed E-state index contributed by atoms with van der Waals surface area (Å²) in [6, 6.07) is 1.24. The second-order valence-electron chi connectivity index (χ2n) is 8.29. The van der Waals surface area contributed by atoms with Crippen molar-refractivity contribution in [2.45, 2.75) is 31.3 Å². The predicted octanol–water partition coefficient (Wildman–Crippen LogP) is 3.17. The number of fused-ring (bicyclic) bond motifs is 2. The Hall–Kier alpha value is -2.38. The maximum atomic E-state index is 15.2. The van der Waals surface area contributed by atoms with E-state index in [1.54, 1.807) is 4.57 Å². The van der Waals surface area contributed by atoms with Gasteiger partial charge in [-0.3, -0.25) is 4.79 Å². The Morgan fingerprint density at radius 1 is 1.31 bits per heavy atom. The summed E-state index contributed by atoms with van der Waals surface area (Å²) in [6.45, 7) is 1.21. The van der Waals surface area contributed by atoms with Gasteiger partial charge in [0.2, 0.25) is 5.43 Å². The van der Waals surface area contributed by atoms with Crippen LogP contribution in [0.3, 0.4) is 0 Å². The number of nitrogens with two attached hydrogens (primary N) is 1. The standard InChI is InChI=1S/C21H21ClFN3O3/c22-17-18-12(20(27)14(21(28)29)9-26(18)11-4-5-11)6-15(23)19(17)25-7-10-2-1-3-16(24)13(10)8-25/h1-2,6,9-11,13,16H,3-5,7-8,24H2,(H,28,29)/t10-,13-,16-/m1/s1. The number of carboxylic acid groups (broad SMARTS) is 1. The molecule has 0 amide bonds. The zero-order chi connectivity index (χ0) is 20.4. The van der Waals surface area contributed by atoms with Crippen LogP contribution in [0.1, 0.15) is 35.7 Å². The third-order valence-electron chi connectivity index (χ3n) is 6.42. The van der Waals surface area contributed by atoms with Gasteiger partial charge in [0.1, 0.15) is 11.4 Å². The fourth-order valence-electron chi connectivity index (χ4n) is 4.79. The first kappa shape index (κ1) is 18.6. The molecule has 2 heterocycles. The lowest BCUT2D eigenvalue weighted by atomic mass is 9.83. The van der Waals surface area contributed by atoms with Crippen LogP contribution in [0, 0.1) is 17.7 Å². The molecule has 0 spiro atoms. The largest absolute Gasteiger partial charge is 0.477 e. The van der Waals surface area contributed by atoms with E-state index in [1.165, 1.54) is 6.20 Å². The second-order valence-corrected chi connectivity index (χ2v) is 8.67. The first-order valence-electron chi connectivity index (χ1n) is 9.84. The number of halogens is 2. The van der Waals surface area contributed by atoms with Gasteiger partial charge in [-0.15, -0.1) is 0 Å². The molecule has 1 aromatic heterocycles. The third kappa shape index (κ3) is 2.87. The lowest BCUT2D eigenvalue weighted by molar-refractivity contribution is 0.0695. The van der Waals surface area contributed by atoms with E-state index in [0.717, 1.165) is 25.3 Å². The molecule has 1 aromatic carbocycles. The van der Waals surface area contributed by atoms with Gasteiger partial charge in [0, 0.05) is 37.3 Å². The van der Waals surface area contributed by atoms with Crippen LogP contribution in [0.15, 0.2) is 29.2 Å². The van der Waals surface area contributed by atoms with Crippen molar-refractivity contribution >= 4 is 34.2 Å². The zero-order valence-corrected chi connectivity index (χ0v) is 16.4. The van der Waals surface area contributed by atoms with Crippen LogP contribution in [0.4, 0.5) is 10.1 Å². The van der Waals surface area contributed by atoms with Gasteiger partial charge in [-0.25, -0.2) is 9.18 Å². The van der Waals surface area contributed by atoms with Gasteiger partial charge < -0.3 is 20.3 Å². The van der Waals surface area contributed by atoms with E-state index >= 15 is 4.39 Å². The van der Waals surface area contributed by atoms with Crippen molar-refractivity contribution in [3.05, 3.63) is 51.0 Å². The topological polar surface area (TPSA) is 88.6 Å². The van der Waals surface area contributed by atoms with Crippen LogP contribution in [0.2, 0.25) is 5.02 Å². The predicted molar refractivity (Wildman–Crippen MR) is 109 cm³/mol. The number of anilines is 1. The molecular formula is C21H21ClFN3O3. The fraction of sp³-hybridized carbons (Fsp3) is 0.429. The van der Waals surface area contributed by atoms with Gasteiger partial charge in [0.05, 0.1) is 21.6 Å². The van der Waals surface area contributed by atoms with Gasteiger partial charge in [-0.05, 0) is 31.2 Å². The van der Waals surface area contributed by atoms with Gasteiger partial charge >= 0.3 is 5.97 Å². The summed E-state index contributed by atoms with van der Waals surface area (Å²) >= 11 is 6.70. The maximum Gasteiger partial charge on any atom is 0.341 e. The number of benzene rings is 1. The number of rotatable bonds is 3. The summed E-state index contributed by atoms with van der Waals surface area (Å²) in [6.07, 6.45) is 8.11. The van der Waals surface area contributed by atoms with Gasteiger partial charge in [-0.1, -0.05) is 23.8 Å². The van der Waals surface area contributed by atoms with E-state index < -0.39 is 17.2 Å². The van der Waals surface area contributed by atoms with Crippen LogP contribution in [0.25, 0.3) is 10.9 Å². The summed E-state index contributed by atoms with van der Waals surface area (Å²) in [5, 5.41) is 9.57. The van der Waals surface area contributed by atoms with Crippen molar-refractivity contribution in [3.63, 3.8) is 0 Å². The average molecular weight is 418 g/mol. The average Bonchev–Trinajstić information content (AvgIpc) is 3.42. The molecule has 1 saturated heterocycles. The lowest BCUT2D eigenvalue weighted by Gasteiger charge is -2.25. The molecule has 29 heavy (non-hydrogen) atoms. The number of nitrogens with zero attached hydrogens (tertiary/aromatic N) is 2. The van der Waals surface area contributed by atoms with E-state index in [4.69, 9.17) is 17.3 Å². The van der Waals surface area contributed by atoms with E-state index in [9.17, 15) is 14.7 Å². The monoisotopic (exact) mass is 417 g/mol. The molecule has 1 saturated carbocycles. The molecular weight excluding hydrogens is 397 g/mol. The highest BCUT2D eigenvalue weighted by atomic mass is 35.5. The number of aromatic nitrogens is 1. The number of aromatic carboxylic acids is 1. The number of hydrogen-bond acceptors (Lipinski definition) is 4. The molecule has 5 rings (SSSR count). The van der Waals surface area contributed by atoms with Crippen LogP contribution in [-0.2, 0) is 0 Å². The molecule has 3 atom stereocenters. The van der Waals surface area contributed by atoms with Gasteiger partial charge in [0.15, 0.2) is 0 Å². The molecule has 8 heteroatoms. The molecule has 6 nitrogen and oxygen atoms in total. The second kappa shape index (κ2) is 6.57. The Morgan fingerprint density at radius 3 is 2.72 bits per heavy atom. The Labute approximate surface area is 171 Å². The molecule has 0 unspecified atom stereocenters. The normalized spacial score (nSPS) is 26.2. The first-order chi connectivity index (χ1) is 13.9. The number of carboxylic acids is 1. The summed E-state index contributed by atoms with van der Waals surface area (Å²) < 4.78 is 16.9. The van der Waals surface area contributed by atoms with E-state index in [-0.39, 0.29) is 45.6 Å². The highest BCUT2D eigenvalue weighted by Gasteiger charge is 2.39. The highest BCUT2D eigenvalue weighted by Crippen LogP contribution is 2.44. The molecule has 2 aromatic rings. The van der Waals surface area contributed by atoms with Crippen LogP contribution < -0.4 is 16.1 Å². The lowest BCUT2D eigenvalue weighted by Crippen LogP contribution is -2.36. The summed E-state index contributed by atoms with van der Waals surface area (Å²) in [5.74, 6) is -1.46. The minimum absolute atomic E-state index is 0.0104. The molecule has 0 bridgehead atoms. The third-order valence-corrected chi connectivity index (χ3v) is 6.78. The first-order valence-corrected chi connectivity index (χ1v) is 10.2. The number of pyridine rings is 1. The molecule has 0 radical (unpaired) electrons. The summed E-state index contributed by atoms with van der Waals surface area (Å²) in [4.78, 5) is 26.1. The highest BCUT2D eigenvalue weighted by molar-refractivity contribution is 6.38. The van der Waals surface area contributed by atoms with Gasteiger partial charge in [-0.2, -0.15) is 0 Å². The quantitative estimate of drug-likeness (QED) is 0.749. The van der Waals surface area contributed by atoms with Crippen LogP contribution >= 0.6 is 11.6 Å². The van der Waals surface area contributed by atoms with Crippen LogP contribution in [0.5, 0.6) is 0 Å². The van der Waals surface area contributed by atoms with Crippen LogP contribution in [-0.4, -0.2) is 34.8 Å². The molecule has 2 fully saturated rings. The smallest absolute Gasteiger partial charge is 0.341 e. The Kier molecular flexibility index (Phi) is 4.22. The Balaban J connectivity index is 1.70. The van der Waals surface area contributed by atoms with E-state index in [1.807, 2.05) is 4.90 Å². The molecule has 3 aliphatic rings.